The molecule has 4 fully saturated rings. The van der Waals surface area contributed by atoms with Gasteiger partial charge in [0.15, 0.2) is 0 Å². The number of β-lactam (4-membered cyclic amide) rings is 2. The van der Waals surface area contributed by atoms with Crippen molar-refractivity contribution >= 4 is 23.8 Å². The maximum atomic E-state index is 10.5. The van der Waals surface area contributed by atoms with Gasteiger partial charge in [-0.25, -0.2) is 9.59 Å². The summed E-state index contributed by atoms with van der Waals surface area (Å²) >= 11 is 0. The summed E-state index contributed by atoms with van der Waals surface area (Å²) in [5.41, 5.74) is 0.355. The molecule has 4 heterocycles. The van der Waals surface area contributed by atoms with Crippen molar-refractivity contribution in [3.8, 4) is 0 Å². The smallest absolute Gasteiger partial charge is 0.414 e. The molecule has 2 atom stereocenters. The lowest BCUT2D eigenvalue weighted by Crippen LogP contribution is -2.62. The highest BCUT2D eigenvalue weighted by Crippen LogP contribution is 2.26. The van der Waals surface area contributed by atoms with Crippen molar-refractivity contribution in [2.45, 2.75) is 36.8 Å². The zero-order valence-corrected chi connectivity index (χ0v) is 13.2. The molecular formula is C14H22N4O6. The molecule has 10 heteroatoms. The van der Waals surface area contributed by atoms with Crippen molar-refractivity contribution in [3.05, 3.63) is 0 Å². The first-order valence-electron chi connectivity index (χ1n) is 7.76. The Balaban J connectivity index is 0.000000134. The third-order valence-corrected chi connectivity index (χ3v) is 4.48. The molecule has 0 aromatic carbocycles. The van der Waals surface area contributed by atoms with E-state index < -0.39 is 11.9 Å². The Hall–Kier alpha value is -2.20. The van der Waals surface area contributed by atoms with Crippen LogP contribution in [0.2, 0.25) is 0 Å². The minimum atomic E-state index is -1.82. The van der Waals surface area contributed by atoms with E-state index in [1.54, 1.807) is 0 Å². The van der Waals surface area contributed by atoms with E-state index >= 15 is 0 Å². The number of rotatable bonds is 0. The molecule has 0 aliphatic carbocycles. The van der Waals surface area contributed by atoms with Crippen LogP contribution >= 0.6 is 0 Å². The van der Waals surface area contributed by atoms with Gasteiger partial charge in [0, 0.05) is 13.1 Å². The maximum absolute atomic E-state index is 10.5. The summed E-state index contributed by atoms with van der Waals surface area (Å²) in [6.45, 7) is 4.05. The lowest BCUT2D eigenvalue weighted by molar-refractivity contribution is -0.159. The number of carboxylic acids is 2. The number of hydrogen-bond donors (Lipinski definition) is 6. The number of amides is 2. The summed E-state index contributed by atoms with van der Waals surface area (Å²) in [5, 5.41) is 27.1. The number of hydrogen-bond acceptors (Lipinski definition) is 6. The van der Waals surface area contributed by atoms with Crippen LogP contribution in [-0.2, 0) is 19.2 Å². The van der Waals surface area contributed by atoms with Crippen molar-refractivity contribution in [3.63, 3.8) is 0 Å². The highest BCUT2D eigenvalue weighted by Gasteiger charge is 2.45. The first-order chi connectivity index (χ1) is 11.3. The monoisotopic (exact) mass is 342 g/mol. The Labute approximate surface area is 138 Å². The van der Waals surface area contributed by atoms with Crippen LogP contribution in [0, 0.1) is 0 Å². The lowest BCUT2D eigenvalue weighted by atomic mass is 9.87. The lowest BCUT2D eigenvalue weighted by Gasteiger charge is -2.37. The average molecular weight is 342 g/mol. The Kier molecular flexibility index (Phi) is 5.40. The van der Waals surface area contributed by atoms with Crippen molar-refractivity contribution in [1.29, 1.82) is 0 Å². The molecule has 0 bridgehead atoms. The summed E-state index contributed by atoms with van der Waals surface area (Å²) in [5.74, 6) is -3.23. The summed E-state index contributed by atoms with van der Waals surface area (Å²) in [6, 6.07) is 0. The fourth-order valence-corrected chi connectivity index (χ4v) is 3.17. The number of nitrogens with one attached hydrogen (secondary N) is 4. The molecule has 2 amide bonds. The average Bonchev–Trinajstić information content (AvgIpc) is 3.09. The van der Waals surface area contributed by atoms with Crippen molar-refractivity contribution < 1.29 is 29.4 Å². The summed E-state index contributed by atoms with van der Waals surface area (Å²) in [6.07, 6.45) is 3.69. The van der Waals surface area contributed by atoms with Crippen LogP contribution in [0.1, 0.15) is 25.7 Å². The Morgan fingerprint density at radius 2 is 1.12 bits per heavy atom. The highest BCUT2D eigenvalue weighted by atomic mass is 16.4. The number of carbonyl (C=O) groups excluding carboxylic acids is 2. The SMILES string of the molecule is O=C(O)C(=O)O.O=C1CC2(CCNC2)N1.O=C1CC2(CCNC2)N1. The van der Waals surface area contributed by atoms with Crippen molar-refractivity contribution in [1.82, 2.24) is 21.3 Å². The second kappa shape index (κ2) is 7.14. The molecule has 4 aliphatic rings. The fourth-order valence-electron chi connectivity index (χ4n) is 3.17. The normalized spacial score (nSPS) is 32.3. The topological polar surface area (TPSA) is 157 Å². The first kappa shape index (κ1) is 18.1. The van der Waals surface area contributed by atoms with Crippen LogP contribution in [0.25, 0.3) is 0 Å². The van der Waals surface area contributed by atoms with Crippen LogP contribution in [0.3, 0.4) is 0 Å². The third kappa shape index (κ3) is 4.42. The van der Waals surface area contributed by atoms with Crippen LogP contribution in [-0.4, -0.2) is 71.2 Å². The highest BCUT2D eigenvalue weighted by molar-refractivity contribution is 6.27. The number of aliphatic carboxylic acids is 2. The number of carbonyl (C=O) groups is 4. The van der Waals surface area contributed by atoms with Crippen LogP contribution in [0.4, 0.5) is 0 Å². The minimum absolute atomic E-state index is 0.178. The summed E-state index contributed by atoms with van der Waals surface area (Å²) in [4.78, 5) is 39.2. The first-order valence-corrected chi connectivity index (χ1v) is 7.76. The molecule has 4 aliphatic heterocycles. The summed E-state index contributed by atoms with van der Waals surface area (Å²) < 4.78 is 0. The maximum Gasteiger partial charge on any atom is 0.414 e. The van der Waals surface area contributed by atoms with Gasteiger partial charge >= 0.3 is 11.9 Å². The van der Waals surface area contributed by atoms with Gasteiger partial charge in [-0.05, 0) is 25.9 Å². The molecule has 0 radical (unpaired) electrons. The molecule has 4 saturated heterocycles. The largest absolute Gasteiger partial charge is 0.473 e. The Bertz CT molecular complexity index is 469. The minimum Gasteiger partial charge on any atom is -0.473 e. The zero-order chi connectivity index (χ0) is 17.8. The molecule has 2 spiro atoms. The molecule has 0 aromatic rings. The van der Waals surface area contributed by atoms with Gasteiger partial charge in [-0.1, -0.05) is 0 Å². The van der Waals surface area contributed by atoms with Gasteiger partial charge in [0.2, 0.25) is 11.8 Å². The van der Waals surface area contributed by atoms with Crippen LogP contribution in [0.5, 0.6) is 0 Å². The van der Waals surface area contributed by atoms with E-state index in [0.29, 0.717) is 0 Å². The van der Waals surface area contributed by atoms with Gasteiger partial charge < -0.3 is 31.5 Å². The quantitative estimate of drug-likeness (QED) is 0.211. The Morgan fingerprint density at radius 1 is 0.792 bits per heavy atom. The molecule has 6 N–H and O–H groups in total. The van der Waals surface area contributed by atoms with E-state index in [0.717, 1.165) is 51.9 Å². The van der Waals surface area contributed by atoms with Gasteiger partial charge in [-0.15, -0.1) is 0 Å². The molecule has 2 unspecified atom stereocenters. The summed E-state index contributed by atoms with van der Waals surface area (Å²) in [7, 11) is 0. The van der Waals surface area contributed by atoms with E-state index in [9.17, 15) is 9.59 Å². The fraction of sp³-hybridized carbons (Fsp3) is 0.714. The second-order valence-corrected chi connectivity index (χ2v) is 6.47. The van der Waals surface area contributed by atoms with E-state index in [4.69, 9.17) is 19.8 Å². The predicted molar refractivity (Wildman–Crippen MR) is 81.2 cm³/mol. The predicted octanol–water partition coefficient (Wildman–Crippen LogP) is -2.37. The molecule has 24 heavy (non-hydrogen) atoms. The van der Waals surface area contributed by atoms with E-state index in [-0.39, 0.29) is 22.9 Å². The number of carboxylic acid groups (broad SMARTS) is 2. The van der Waals surface area contributed by atoms with Crippen LogP contribution in [0.15, 0.2) is 0 Å². The van der Waals surface area contributed by atoms with E-state index in [2.05, 4.69) is 21.3 Å². The molecule has 0 aromatic heterocycles. The van der Waals surface area contributed by atoms with Crippen molar-refractivity contribution in [2.75, 3.05) is 26.2 Å². The molecule has 10 nitrogen and oxygen atoms in total. The zero-order valence-electron chi connectivity index (χ0n) is 13.2. The molecular weight excluding hydrogens is 320 g/mol. The second-order valence-electron chi connectivity index (χ2n) is 6.47. The van der Waals surface area contributed by atoms with Crippen LogP contribution < -0.4 is 21.3 Å². The van der Waals surface area contributed by atoms with Gasteiger partial charge in [0.05, 0.1) is 23.9 Å². The standard InChI is InChI=1S/2C6H10N2O.C2H2O4/c2*9-5-3-6(8-5)1-2-7-4-6;3-1(4)2(5)6/h2*7H,1-4H2,(H,8,9);(H,3,4)(H,5,6). The molecule has 4 rings (SSSR count). The van der Waals surface area contributed by atoms with Crippen molar-refractivity contribution in [2.24, 2.45) is 0 Å². The van der Waals surface area contributed by atoms with E-state index in [1.807, 2.05) is 0 Å². The van der Waals surface area contributed by atoms with Gasteiger partial charge in [0.25, 0.3) is 0 Å². The van der Waals surface area contributed by atoms with Gasteiger partial charge in [-0.2, -0.15) is 0 Å². The van der Waals surface area contributed by atoms with Gasteiger partial charge in [0.1, 0.15) is 0 Å². The Morgan fingerprint density at radius 3 is 1.29 bits per heavy atom. The van der Waals surface area contributed by atoms with E-state index in [1.165, 1.54) is 0 Å². The third-order valence-electron chi connectivity index (χ3n) is 4.48. The molecule has 134 valence electrons. The molecule has 0 saturated carbocycles. The van der Waals surface area contributed by atoms with Gasteiger partial charge in [-0.3, -0.25) is 9.59 Å².